The second-order valence-corrected chi connectivity index (χ2v) is 3.22. The van der Waals surface area contributed by atoms with Gasteiger partial charge in [0.25, 0.3) is 0 Å². The average molecular weight is 177 g/mol. The normalized spacial score (nSPS) is 8.83. The van der Waals surface area contributed by atoms with Gasteiger partial charge in [-0.25, -0.2) is 0 Å². The highest BCUT2D eigenvalue weighted by atomic mass is 32.2. The molecule has 0 atom stereocenters. The van der Waals surface area contributed by atoms with Crippen LogP contribution in [0, 0.1) is 18.1 Å². The van der Waals surface area contributed by atoms with Gasteiger partial charge in [0.15, 0.2) is 0 Å². The molecular formula is C10H11NS. The van der Waals surface area contributed by atoms with Crippen LogP contribution in [0.3, 0.4) is 0 Å². The van der Waals surface area contributed by atoms with E-state index in [1.165, 1.54) is 17.5 Å². The van der Waals surface area contributed by atoms with Crippen molar-refractivity contribution in [2.24, 2.45) is 0 Å². The molecule has 0 heterocycles. The zero-order valence-corrected chi connectivity index (χ0v) is 8.03. The second kappa shape index (κ2) is 4.87. The van der Waals surface area contributed by atoms with E-state index in [2.05, 4.69) is 35.0 Å². The topological polar surface area (TPSA) is 12.0 Å². The molecule has 0 aliphatic rings. The fourth-order valence-corrected chi connectivity index (χ4v) is 1.13. The van der Waals surface area contributed by atoms with Crippen LogP contribution in [0.4, 0.5) is 0 Å². The van der Waals surface area contributed by atoms with Gasteiger partial charge >= 0.3 is 0 Å². The lowest BCUT2D eigenvalue weighted by Crippen LogP contribution is -1.86. The largest absolute Gasteiger partial charge is 0.256 e. The smallest absolute Gasteiger partial charge is 0.0257 e. The molecule has 0 aliphatic heterocycles. The van der Waals surface area contributed by atoms with Crippen LogP contribution in [0.2, 0.25) is 0 Å². The summed E-state index contributed by atoms with van der Waals surface area (Å²) in [5.41, 5.74) is 2.31. The summed E-state index contributed by atoms with van der Waals surface area (Å²) >= 11 is 1.40. The Morgan fingerprint density at radius 3 is 2.92 bits per heavy atom. The van der Waals surface area contributed by atoms with Gasteiger partial charge in [-0.2, -0.15) is 0 Å². The van der Waals surface area contributed by atoms with Crippen LogP contribution in [-0.4, -0.2) is 7.05 Å². The quantitative estimate of drug-likeness (QED) is 0.521. The number of hydrogen-bond acceptors (Lipinski definition) is 2. The molecule has 0 amide bonds. The third-order valence-corrected chi connectivity index (χ3v) is 1.77. The fraction of sp³-hybridized carbons (Fsp3) is 0.200. The Kier molecular flexibility index (Phi) is 3.72. The average Bonchev–Trinajstić information content (AvgIpc) is 2.05. The third kappa shape index (κ3) is 3.00. The predicted molar refractivity (Wildman–Crippen MR) is 54.7 cm³/mol. The molecule has 0 saturated heterocycles. The first-order valence-electron chi connectivity index (χ1n) is 3.73. The van der Waals surface area contributed by atoms with Gasteiger partial charge in [-0.3, -0.25) is 4.72 Å². The Bertz CT molecular complexity index is 309. The van der Waals surface area contributed by atoms with Crippen molar-refractivity contribution in [2.75, 3.05) is 7.05 Å². The van der Waals surface area contributed by atoms with Crippen LogP contribution in [0.25, 0.3) is 0 Å². The Morgan fingerprint density at radius 2 is 2.25 bits per heavy atom. The summed E-state index contributed by atoms with van der Waals surface area (Å²) in [5, 5.41) is 2.93. The first-order chi connectivity index (χ1) is 5.83. The van der Waals surface area contributed by atoms with E-state index in [4.69, 9.17) is 0 Å². The number of benzene rings is 1. The summed E-state index contributed by atoms with van der Waals surface area (Å²) in [6.07, 6.45) is 0. The zero-order chi connectivity index (χ0) is 8.81. The van der Waals surface area contributed by atoms with E-state index in [0.717, 1.165) is 5.56 Å². The van der Waals surface area contributed by atoms with Crippen LogP contribution < -0.4 is 4.72 Å². The van der Waals surface area contributed by atoms with E-state index in [0.29, 0.717) is 0 Å². The maximum Gasteiger partial charge on any atom is 0.0257 e. The first-order valence-corrected chi connectivity index (χ1v) is 4.55. The molecule has 1 aromatic carbocycles. The van der Waals surface area contributed by atoms with Crippen molar-refractivity contribution in [1.29, 1.82) is 0 Å². The Labute approximate surface area is 77.7 Å². The SMILES string of the molecule is CNSC#Cc1cccc(C)c1. The van der Waals surface area contributed by atoms with Gasteiger partial charge in [-0.05, 0) is 36.9 Å². The van der Waals surface area contributed by atoms with E-state index >= 15 is 0 Å². The number of rotatable bonds is 1. The zero-order valence-electron chi connectivity index (χ0n) is 7.22. The number of aryl methyl sites for hydroxylation is 1. The molecule has 1 nitrogen and oxygen atoms in total. The third-order valence-electron chi connectivity index (χ3n) is 1.37. The number of hydrogen-bond donors (Lipinski definition) is 1. The van der Waals surface area contributed by atoms with Gasteiger partial charge in [-0.1, -0.05) is 18.1 Å². The van der Waals surface area contributed by atoms with E-state index < -0.39 is 0 Å². The summed E-state index contributed by atoms with van der Waals surface area (Å²) in [6.45, 7) is 2.07. The molecule has 2 heteroatoms. The number of nitrogens with one attached hydrogen (secondary N) is 1. The van der Waals surface area contributed by atoms with Crippen LogP contribution in [0.1, 0.15) is 11.1 Å². The molecule has 0 aliphatic carbocycles. The lowest BCUT2D eigenvalue weighted by molar-refractivity contribution is 1.31. The summed E-state index contributed by atoms with van der Waals surface area (Å²) in [6, 6.07) is 8.17. The van der Waals surface area contributed by atoms with E-state index in [1.807, 2.05) is 19.2 Å². The second-order valence-electron chi connectivity index (χ2n) is 2.40. The van der Waals surface area contributed by atoms with Crippen LogP contribution in [0.15, 0.2) is 24.3 Å². The van der Waals surface area contributed by atoms with E-state index in [1.54, 1.807) is 0 Å². The molecule has 0 aromatic heterocycles. The van der Waals surface area contributed by atoms with E-state index in [9.17, 15) is 0 Å². The van der Waals surface area contributed by atoms with Crippen molar-refractivity contribution in [2.45, 2.75) is 6.92 Å². The van der Waals surface area contributed by atoms with Crippen molar-refractivity contribution in [3.05, 3.63) is 35.4 Å². The minimum Gasteiger partial charge on any atom is -0.256 e. The molecule has 0 radical (unpaired) electrons. The van der Waals surface area contributed by atoms with Crippen molar-refractivity contribution in [3.8, 4) is 11.2 Å². The summed E-state index contributed by atoms with van der Waals surface area (Å²) < 4.78 is 2.90. The summed E-state index contributed by atoms with van der Waals surface area (Å²) in [7, 11) is 1.86. The van der Waals surface area contributed by atoms with Crippen molar-refractivity contribution in [1.82, 2.24) is 4.72 Å². The van der Waals surface area contributed by atoms with Crippen LogP contribution >= 0.6 is 11.9 Å². The highest BCUT2D eigenvalue weighted by Gasteiger charge is 1.85. The first kappa shape index (κ1) is 9.18. The maximum absolute atomic E-state index is 3.04. The molecule has 0 saturated carbocycles. The molecule has 0 spiro atoms. The predicted octanol–water partition coefficient (Wildman–Crippen LogP) is 2.17. The van der Waals surface area contributed by atoms with Gasteiger partial charge < -0.3 is 0 Å². The lowest BCUT2D eigenvalue weighted by Gasteiger charge is -1.91. The van der Waals surface area contributed by atoms with Crippen molar-refractivity contribution >= 4 is 11.9 Å². The highest BCUT2D eigenvalue weighted by Crippen LogP contribution is 2.02. The van der Waals surface area contributed by atoms with Crippen LogP contribution in [0.5, 0.6) is 0 Å². The molecule has 1 aromatic rings. The molecule has 62 valence electrons. The minimum absolute atomic E-state index is 1.07. The summed E-state index contributed by atoms with van der Waals surface area (Å²) in [5.74, 6) is 3.04. The monoisotopic (exact) mass is 177 g/mol. The molecule has 1 rings (SSSR count). The van der Waals surface area contributed by atoms with Gasteiger partial charge in [-0.15, -0.1) is 0 Å². The molecule has 0 fully saturated rings. The molecule has 0 bridgehead atoms. The van der Waals surface area contributed by atoms with Crippen LogP contribution in [-0.2, 0) is 0 Å². The van der Waals surface area contributed by atoms with Crippen molar-refractivity contribution in [3.63, 3.8) is 0 Å². The van der Waals surface area contributed by atoms with E-state index in [-0.39, 0.29) is 0 Å². The Balaban J connectivity index is 2.71. The molecule has 0 unspecified atom stereocenters. The molecule has 1 N–H and O–H groups in total. The standard InChI is InChI=1S/C10H11NS/c1-9-4-3-5-10(8-9)6-7-12-11-2/h3-5,8,11H,1-2H3. The van der Waals surface area contributed by atoms with Gasteiger partial charge in [0, 0.05) is 17.5 Å². The molecular weight excluding hydrogens is 166 g/mol. The summed E-state index contributed by atoms with van der Waals surface area (Å²) in [4.78, 5) is 0. The Morgan fingerprint density at radius 1 is 1.42 bits per heavy atom. The lowest BCUT2D eigenvalue weighted by atomic mass is 10.1. The highest BCUT2D eigenvalue weighted by molar-refractivity contribution is 8.02. The van der Waals surface area contributed by atoms with Crippen molar-refractivity contribution < 1.29 is 0 Å². The fourth-order valence-electron chi connectivity index (χ4n) is 0.858. The van der Waals surface area contributed by atoms with Gasteiger partial charge in [0.2, 0.25) is 0 Å². The van der Waals surface area contributed by atoms with Gasteiger partial charge in [0.1, 0.15) is 0 Å². The maximum atomic E-state index is 3.04. The molecule has 12 heavy (non-hydrogen) atoms. The van der Waals surface area contributed by atoms with Gasteiger partial charge in [0.05, 0.1) is 0 Å². The minimum atomic E-state index is 1.07. The Hall–Kier alpha value is -0.910.